The maximum absolute atomic E-state index is 12.3. The van der Waals surface area contributed by atoms with E-state index in [1.54, 1.807) is 7.11 Å². The Kier molecular flexibility index (Phi) is 18.0. The highest BCUT2D eigenvalue weighted by Gasteiger charge is 2.51. The summed E-state index contributed by atoms with van der Waals surface area (Å²) in [4.78, 5) is 0. The summed E-state index contributed by atoms with van der Waals surface area (Å²) in [5.74, 6) is 0. The van der Waals surface area contributed by atoms with Crippen LogP contribution in [-0.2, 0) is 87.0 Å². The number of rotatable bonds is 23. The van der Waals surface area contributed by atoms with Crippen LogP contribution < -0.4 is 0 Å². The molecule has 0 bridgehead atoms. The third-order valence-corrected chi connectivity index (χ3v) is 11.7. The van der Waals surface area contributed by atoms with E-state index < -0.39 is 61.4 Å². The average molecular weight is 897 g/mol. The lowest BCUT2D eigenvalue weighted by atomic mass is 9.97. The van der Waals surface area contributed by atoms with Gasteiger partial charge >= 0.3 is 0 Å². The Labute approximate surface area is 388 Å². The molecule has 2 aliphatic rings. The second-order valence-electron chi connectivity index (χ2n) is 16.5. The molecule has 2 saturated heterocycles. The van der Waals surface area contributed by atoms with Gasteiger partial charge in [-0.1, -0.05) is 182 Å². The van der Waals surface area contributed by atoms with Crippen LogP contribution in [0.15, 0.2) is 182 Å². The maximum Gasteiger partial charge on any atom is 0.186 e. The lowest BCUT2D eigenvalue weighted by molar-refractivity contribution is -0.346. The molecule has 0 unspecified atom stereocenters. The number of aliphatic hydroxyl groups excluding tert-OH is 1. The van der Waals surface area contributed by atoms with Crippen molar-refractivity contribution < 1.29 is 52.5 Å². The third kappa shape index (κ3) is 13.5. The predicted octanol–water partition coefficient (Wildman–Crippen LogP) is 8.60. The molecule has 6 aromatic carbocycles. The third-order valence-electron chi connectivity index (χ3n) is 11.7. The molecule has 0 amide bonds. The van der Waals surface area contributed by atoms with Crippen LogP contribution in [0, 0.1) is 0 Å². The summed E-state index contributed by atoms with van der Waals surface area (Å²) in [7, 11) is 1.58. The van der Waals surface area contributed by atoms with Gasteiger partial charge in [0.1, 0.15) is 48.8 Å². The lowest BCUT2D eigenvalue weighted by Gasteiger charge is -2.47. The first kappa shape index (κ1) is 47.4. The van der Waals surface area contributed by atoms with Gasteiger partial charge in [-0.2, -0.15) is 0 Å². The molecule has 6 aromatic rings. The zero-order valence-corrected chi connectivity index (χ0v) is 37.3. The van der Waals surface area contributed by atoms with Gasteiger partial charge < -0.3 is 52.5 Å². The Bertz CT molecular complexity index is 2220. The summed E-state index contributed by atoms with van der Waals surface area (Å²) in [6, 6.07) is 59.5. The van der Waals surface area contributed by atoms with E-state index in [0.29, 0.717) is 13.2 Å². The number of hydrogen-bond donors (Lipinski definition) is 1. The summed E-state index contributed by atoms with van der Waals surface area (Å²) in [6.07, 6.45) is -8.50. The second-order valence-corrected chi connectivity index (χ2v) is 16.5. The molecule has 346 valence electrons. The normalized spacial score (nSPS) is 25.4. The molecule has 11 nitrogen and oxygen atoms in total. The Morgan fingerprint density at radius 2 is 0.667 bits per heavy atom. The van der Waals surface area contributed by atoms with E-state index >= 15 is 0 Å². The topological polar surface area (TPSA) is 113 Å². The van der Waals surface area contributed by atoms with Crippen molar-refractivity contribution in [2.24, 2.45) is 0 Å². The molecule has 0 aliphatic carbocycles. The fourth-order valence-electron chi connectivity index (χ4n) is 8.22. The number of aliphatic hydroxyl groups is 1. The zero-order valence-electron chi connectivity index (χ0n) is 37.3. The first-order valence-electron chi connectivity index (χ1n) is 22.6. The molecule has 2 aliphatic heterocycles. The second kappa shape index (κ2) is 25.1. The highest BCUT2D eigenvalue weighted by Crippen LogP contribution is 2.34. The van der Waals surface area contributed by atoms with Gasteiger partial charge in [0.05, 0.1) is 52.9 Å². The summed E-state index contributed by atoms with van der Waals surface area (Å²) in [5.41, 5.74) is 5.87. The molecule has 0 spiro atoms. The highest BCUT2D eigenvalue weighted by atomic mass is 16.7. The summed E-state index contributed by atoms with van der Waals surface area (Å²) >= 11 is 0. The van der Waals surface area contributed by atoms with Gasteiger partial charge in [-0.05, 0) is 33.4 Å². The van der Waals surface area contributed by atoms with Crippen molar-refractivity contribution in [1.82, 2.24) is 0 Å². The molecule has 10 atom stereocenters. The summed E-state index contributed by atoms with van der Waals surface area (Å²) in [5, 5.41) is 12.3. The van der Waals surface area contributed by atoms with Crippen molar-refractivity contribution in [3.63, 3.8) is 0 Å². The molecule has 0 saturated carbocycles. The molecule has 1 N–H and O–H groups in total. The Hall–Kier alpha value is -5.12. The van der Waals surface area contributed by atoms with Crippen LogP contribution in [0.2, 0.25) is 0 Å². The van der Waals surface area contributed by atoms with Crippen LogP contribution in [0.5, 0.6) is 0 Å². The maximum atomic E-state index is 12.3. The van der Waals surface area contributed by atoms with E-state index in [2.05, 4.69) is 0 Å². The molecular formula is C55H60O11. The van der Waals surface area contributed by atoms with E-state index in [4.69, 9.17) is 47.4 Å². The van der Waals surface area contributed by atoms with Crippen molar-refractivity contribution in [2.75, 3.05) is 20.3 Å². The first-order chi connectivity index (χ1) is 32.6. The van der Waals surface area contributed by atoms with Crippen molar-refractivity contribution in [2.45, 2.75) is 101 Å². The quantitative estimate of drug-likeness (QED) is 0.0668. The Morgan fingerprint density at radius 3 is 1.08 bits per heavy atom. The van der Waals surface area contributed by atoms with Gasteiger partial charge in [-0.25, -0.2) is 0 Å². The molecule has 66 heavy (non-hydrogen) atoms. The van der Waals surface area contributed by atoms with Gasteiger partial charge in [0.15, 0.2) is 12.6 Å². The lowest BCUT2D eigenvalue weighted by Crippen LogP contribution is -2.63. The van der Waals surface area contributed by atoms with Crippen molar-refractivity contribution in [3.8, 4) is 0 Å². The van der Waals surface area contributed by atoms with E-state index in [1.165, 1.54) is 0 Å². The van der Waals surface area contributed by atoms with Crippen LogP contribution >= 0.6 is 0 Å². The van der Waals surface area contributed by atoms with Crippen molar-refractivity contribution in [3.05, 3.63) is 215 Å². The zero-order chi connectivity index (χ0) is 45.2. The van der Waals surface area contributed by atoms with Gasteiger partial charge in [0, 0.05) is 7.11 Å². The standard InChI is InChI=1S/C55H60O11/c1-57-55-53(63-37-45-30-18-7-19-31-45)52(62-36-44-28-16-6-17-29-44)50(60-34-42-24-12-4-13-25-42)47(66-55)39-64-54-48(56)51(61-35-43-26-14-5-15-27-43)49(59-33-41-22-10-3-11-23-41)46(65-54)38-58-32-40-20-8-2-9-21-40/h2-31,46-56H,32-39H2,1H3/t46-,47-,48-,49-,50-,51-,52+,53+,54+,55+/m1/s1. The number of hydrogen-bond acceptors (Lipinski definition) is 11. The number of methoxy groups -OCH3 is 1. The van der Waals surface area contributed by atoms with Crippen LogP contribution in [-0.4, -0.2) is 86.8 Å². The fraction of sp³-hybridized carbons (Fsp3) is 0.345. The van der Waals surface area contributed by atoms with E-state index in [9.17, 15) is 5.11 Å². The first-order valence-corrected chi connectivity index (χ1v) is 22.6. The molecule has 2 fully saturated rings. The highest BCUT2D eigenvalue weighted by molar-refractivity contribution is 5.18. The Balaban J connectivity index is 1.07. The predicted molar refractivity (Wildman–Crippen MR) is 247 cm³/mol. The van der Waals surface area contributed by atoms with E-state index in [1.807, 2.05) is 182 Å². The van der Waals surface area contributed by atoms with Gasteiger partial charge in [0.25, 0.3) is 0 Å². The van der Waals surface area contributed by atoms with Gasteiger partial charge in [-0.15, -0.1) is 0 Å². The largest absolute Gasteiger partial charge is 0.385 e. The summed E-state index contributed by atoms with van der Waals surface area (Å²) in [6.45, 7) is 1.74. The number of ether oxygens (including phenoxy) is 10. The molecular weight excluding hydrogens is 837 g/mol. The van der Waals surface area contributed by atoms with Crippen LogP contribution in [0.1, 0.15) is 33.4 Å². The molecule has 0 aromatic heterocycles. The van der Waals surface area contributed by atoms with Crippen LogP contribution in [0.4, 0.5) is 0 Å². The average Bonchev–Trinajstić information content (AvgIpc) is 3.37. The van der Waals surface area contributed by atoms with Crippen molar-refractivity contribution >= 4 is 0 Å². The van der Waals surface area contributed by atoms with Gasteiger partial charge in [-0.3, -0.25) is 0 Å². The van der Waals surface area contributed by atoms with Crippen molar-refractivity contribution in [1.29, 1.82) is 0 Å². The Morgan fingerprint density at radius 1 is 0.348 bits per heavy atom. The smallest absolute Gasteiger partial charge is 0.186 e. The van der Waals surface area contributed by atoms with Crippen LogP contribution in [0.25, 0.3) is 0 Å². The van der Waals surface area contributed by atoms with Gasteiger partial charge in [0.2, 0.25) is 0 Å². The monoisotopic (exact) mass is 896 g/mol. The van der Waals surface area contributed by atoms with Crippen LogP contribution in [0.3, 0.4) is 0 Å². The minimum Gasteiger partial charge on any atom is -0.385 e. The van der Waals surface area contributed by atoms with E-state index in [-0.39, 0.29) is 39.6 Å². The number of benzene rings is 6. The minimum absolute atomic E-state index is 0.0732. The fourth-order valence-corrected chi connectivity index (χ4v) is 8.22. The SMILES string of the molecule is CO[C@H]1O[C@H](CO[C@H]2O[C@H](COCc3ccccc3)[C@@H](OCc3ccccc3)[C@H](OCc3ccccc3)[C@H]2O)[C@@H](OCc2ccccc2)[C@H](OCc2ccccc2)[C@@H]1OCc1ccccc1. The van der Waals surface area contributed by atoms with E-state index in [0.717, 1.165) is 33.4 Å². The molecule has 2 heterocycles. The summed E-state index contributed by atoms with van der Waals surface area (Å²) < 4.78 is 65.9. The molecule has 11 heteroatoms. The molecule has 0 radical (unpaired) electrons. The molecule has 8 rings (SSSR count). The minimum atomic E-state index is -1.28.